The summed E-state index contributed by atoms with van der Waals surface area (Å²) in [5, 5.41) is 22.8. The molecule has 1 aliphatic heterocycles. The third kappa shape index (κ3) is 4.31. The van der Waals surface area contributed by atoms with Gasteiger partial charge in [0.25, 0.3) is 11.5 Å². The molecule has 40 heavy (non-hydrogen) atoms. The molecule has 1 aromatic carbocycles. The number of carbonyl (C=O) groups is 3. The van der Waals surface area contributed by atoms with E-state index in [2.05, 4.69) is 16.5 Å². The highest BCUT2D eigenvalue weighted by molar-refractivity contribution is 7.17. The number of aliphatic hydroxyl groups excluding tert-OH is 1. The second kappa shape index (κ2) is 10.2. The number of nitro benzene ring substituents is 1. The van der Waals surface area contributed by atoms with E-state index in [1.807, 2.05) is 0 Å². The van der Waals surface area contributed by atoms with E-state index in [4.69, 9.17) is 4.74 Å². The van der Waals surface area contributed by atoms with Gasteiger partial charge in [0, 0.05) is 18.3 Å². The van der Waals surface area contributed by atoms with Crippen LogP contribution in [0.3, 0.4) is 0 Å². The summed E-state index contributed by atoms with van der Waals surface area (Å²) < 4.78 is 6.70. The Bertz CT molecular complexity index is 1750. The number of rotatable bonds is 7. The van der Waals surface area contributed by atoms with E-state index in [-0.39, 0.29) is 39.3 Å². The monoisotopic (exact) mass is 559 g/mol. The van der Waals surface area contributed by atoms with Crippen molar-refractivity contribution in [3.63, 3.8) is 0 Å². The summed E-state index contributed by atoms with van der Waals surface area (Å²) in [7, 11) is 0. The fraction of sp³-hybridized carbons (Fsp3) is 0.148. The van der Waals surface area contributed by atoms with Crippen LogP contribution in [0.25, 0.3) is 11.4 Å². The predicted octanol–water partition coefficient (Wildman–Crippen LogP) is 4.28. The first kappa shape index (κ1) is 26.4. The van der Waals surface area contributed by atoms with E-state index in [9.17, 15) is 29.6 Å². The van der Waals surface area contributed by atoms with Crippen LogP contribution in [-0.4, -0.2) is 48.7 Å². The molecule has 12 nitrogen and oxygen atoms in total. The summed E-state index contributed by atoms with van der Waals surface area (Å²) in [5.74, 6) is -3.13. The van der Waals surface area contributed by atoms with Crippen molar-refractivity contribution in [2.24, 2.45) is 0 Å². The number of Topliss-reactive ketones (excluding diaryl/α,β-unsaturated/α-hetero) is 1. The van der Waals surface area contributed by atoms with Gasteiger partial charge in [0.1, 0.15) is 22.8 Å². The van der Waals surface area contributed by atoms with Crippen LogP contribution in [0.1, 0.15) is 38.4 Å². The van der Waals surface area contributed by atoms with Crippen LogP contribution in [0.5, 0.6) is 0 Å². The van der Waals surface area contributed by atoms with Gasteiger partial charge in [-0.15, -0.1) is 0 Å². The Hall–Kier alpha value is -5.17. The number of ether oxygens (including phenoxy) is 1. The Morgan fingerprint density at radius 2 is 1.90 bits per heavy atom. The maximum atomic E-state index is 13.5. The molecular weight excluding hydrogens is 538 g/mol. The smallest absolute Gasteiger partial charge is 0.350 e. The molecular formula is C27H21N5O7S. The number of anilines is 1. The molecule has 3 aromatic heterocycles. The molecule has 0 saturated carbocycles. The van der Waals surface area contributed by atoms with E-state index in [1.165, 1.54) is 30.3 Å². The molecule has 1 aliphatic rings. The number of esters is 1. The summed E-state index contributed by atoms with van der Waals surface area (Å²) in [6.45, 7) is 6.70. The van der Waals surface area contributed by atoms with Crippen molar-refractivity contribution in [2.75, 3.05) is 11.5 Å². The zero-order chi connectivity index (χ0) is 28.7. The molecule has 0 bridgehead atoms. The average Bonchev–Trinajstić information content (AvgIpc) is 3.57. The normalized spacial score (nSPS) is 16.4. The summed E-state index contributed by atoms with van der Waals surface area (Å²) in [6, 6.07) is 9.28. The number of pyridine rings is 1. The molecule has 1 atom stereocenters. The van der Waals surface area contributed by atoms with Crippen molar-refractivity contribution in [2.45, 2.75) is 19.9 Å². The molecule has 5 rings (SSSR count). The topological polar surface area (TPSA) is 157 Å². The molecule has 0 radical (unpaired) electrons. The van der Waals surface area contributed by atoms with Gasteiger partial charge >= 0.3 is 11.9 Å². The molecule has 13 heteroatoms. The van der Waals surface area contributed by atoms with E-state index in [0.29, 0.717) is 16.9 Å². The standard InChI is InChI=1S/C27H21N5O7S/c1-4-13-39-26(36)24-15(3)29-27(40-24)31-21(16-8-10-17(11-9-16)32(37)38)19(23(34)25(31)35)22(33)20-14(2)28-18-7-5-6-12-30(18)20/h4-12,21,33H,1,13H2,2-3H3/b22-19+. The molecule has 1 amide bonds. The minimum absolute atomic E-state index is 0.0161. The zero-order valence-corrected chi connectivity index (χ0v) is 22.0. The van der Waals surface area contributed by atoms with Crippen molar-refractivity contribution >= 4 is 51.2 Å². The van der Waals surface area contributed by atoms with E-state index in [0.717, 1.165) is 16.2 Å². The first-order valence-corrected chi connectivity index (χ1v) is 12.7. The number of imidazole rings is 1. The third-order valence-corrected chi connectivity index (χ3v) is 7.44. The number of nitro groups is 1. The number of ketones is 1. The van der Waals surface area contributed by atoms with Gasteiger partial charge in [0.2, 0.25) is 0 Å². The molecule has 0 aliphatic carbocycles. The summed E-state index contributed by atoms with van der Waals surface area (Å²) in [4.78, 5) is 60.3. The number of aryl methyl sites for hydroxylation is 2. The van der Waals surface area contributed by atoms with Crippen LogP contribution in [0.15, 0.2) is 66.9 Å². The highest BCUT2D eigenvalue weighted by Gasteiger charge is 2.49. The van der Waals surface area contributed by atoms with Crippen LogP contribution in [-0.2, 0) is 14.3 Å². The second-order valence-electron chi connectivity index (χ2n) is 8.79. The molecule has 1 fully saturated rings. The highest BCUT2D eigenvalue weighted by atomic mass is 32.1. The van der Waals surface area contributed by atoms with Crippen LogP contribution < -0.4 is 4.90 Å². The number of amides is 1. The number of benzene rings is 1. The quantitative estimate of drug-likeness (QED) is 0.0663. The third-order valence-electron chi connectivity index (χ3n) is 6.30. The van der Waals surface area contributed by atoms with E-state index >= 15 is 0 Å². The van der Waals surface area contributed by atoms with Crippen molar-refractivity contribution < 1.29 is 29.2 Å². The number of hydrogen-bond acceptors (Lipinski definition) is 10. The van der Waals surface area contributed by atoms with Gasteiger partial charge in [-0.25, -0.2) is 14.8 Å². The number of nitrogens with zero attached hydrogens (tertiary/aromatic N) is 5. The van der Waals surface area contributed by atoms with Gasteiger partial charge in [-0.1, -0.05) is 30.1 Å². The lowest BCUT2D eigenvalue weighted by atomic mass is 9.96. The number of non-ortho nitro benzene ring substituents is 1. The van der Waals surface area contributed by atoms with Crippen molar-refractivity contribution in [3.05, 3.63) is 105 Å². The lowest BCUT2D eigenvalue weighted by Gasteiger charge is -2.23. The average molecular weight is 560 g/mol. The van der Waals surface area contributed by atoms with Crippen molar-refractivity contribution in [3.8, 4) is 0 Å². The minimum atomic E-state index is -1.21. The lowest BCUT2D eigenvalue weighted by molar-refractivity contribution is -0.384. The van der Waals surface area contributed by atoms with Crippen LogP contribution >= 0.6 is 11.3 Å². The Morgan fingerprint density at radius 3 is 2.58 bits per heavy atom. The number of thiazole rings is 1. The molecule has 4 heterocycles. The first-order chi connectivity index (χ1) is 19.1. The molecule has 4 aromatic rings. The number of aliphatic hydroxyl groups is 1. The summed E-state index contributed by atoms with van der Waals surface area (Å²) in [6.07, 6.45) is 3.07. The van der Waals surface area contributed by atoms with E-state index in [1.54, 1.807) is 42.6 Å². The molecule has 0 spiro atoms. The Morgan fingerprint density at radius 1 is 1.18 bits per heavy atom. The number of hydrogen-bond donors (Lipinski definition) is 1. The predicted molar refractivity (Wildman–Crippen MR) is 145 cm³/mol. The maximum absolute atomic E-state index is 13.5. The summed E-state index contributed by atoms with van der Waals surface area (Å²) >= 11 is 0.847. The SMILES string of the molecule is C=CCOC(=O)c1sc(N2C(=O)C(=O)/C(=C(/O)c3c(C)nc4ccccn34)C2c2ccc([N+](=O)[O-])cc2)nc1C. The van der Waals surface area contributed by atoms with Crippen molar-refractivity contribution in [1.29, 1.82) is 0 Å². The second-order valence-corrected chi connectivity index (χ2v) is 9.77. The van der Waals surface area contributed by atoms with Gasteiger partial charge < -0.3 is 9.84 Å². The fourth-order valence-corrected chi connectivity index (χ4v) is 5.51. The summed E-state index contributed by atoms with van der Waals surface area (Å²) in [5.41, 5.74) is 1.27. The Kier molecular flexibility index (Phi) is 6.73. The number of fused-ring (bicyclic) bond motifs is 1. The zero-order valence-electron chi connectivity index (χ0n) is 21.2. The lowest BCUT2D eigenvalue weighted by Crippen LogP contribution is -2.29. The molecule has 1 saturated heterocycles. The number of aromatic nitrogens is 3. The van der Waals surface area contributed by atoms with Crippen molar-refractivity contribution in [1.82, 2.24) is 14.4 Å². The van der Waals surface area contributed by atoms with Gasteiger partial charge in [0.05, 0.1) is 27.9 Å². The maximum Gasteiger partial charge on any atom is 0.350 e. The Labute approximate surface area is 230 Å². The Balaban J connectivity index is 1.72. The molecule has 1 unspecified atom stereocenters. The highest BCUT2D eigenvalue weighted by Crippen LogP contribution is 2.44. The molecule has 1 N–H and O–H groups in total. The van der Waals surface area contributed by atoms with Crippen LogP contribution in [0, 0.1) is 24.0 Å². The fourth-order valence-electron chi connectivity index (χ4n) is 4.52. The molecule has 202 valence electrons. The van der Waals surface area contributed by atoms with Gasteiger partial charge in [-0.2, -0.15) is 0 Å². The van der Waals surface area contributed by atoms with Crippen LogP contribution in [0.4, 0.5) is 10.8 Å². The van der Waals surface area contributed by atoms with E-state index < -0.39 is 34.4 Å². The first-order valence-electron chi connectivity index (χ1n) is 11.9. The van der Waals surface area contributed by atoms with Crippen LogP contribution in [0.2, 0.25) is 0 Å². The van der Waals surface area contributed by atoms with Gasteiger partial charge in [-0.05, 0) is 43.7 Å². The van der Waals surface area contributed by atoms with Gasteiger partial charge in [0.15, 0.2) is 10.9 Å². The largest absolute Gasteiger partial charge is 0.505 e. The minimum Gasteiger partial charge on any atom is -0.505 e. The number of carbonyl (C=O) groups excluding carboxylic acids is 3. The van der Waals surface area contributed by atoms with Gasteiger partial charge in [-0.3, -0.25) is 29.0 Å².